The Labute approximate surface area is 85.9 Å². The molecule has 3 aliphatic rings. The maximum absolute atomic E-state index is 8.39. The van der Waals surface area contributed by atoms with Gasteiger partial charge in [-0.15, -0.1) is 0 Å². The second kappa shape index (κ2) is 3.29. The fraction of sp³-hybridized carbons (Fsp3) is 1.00. The molecular weight excluding hydrogens is 156 g/mol. The standard InChI is InChI=1S/C13H24/c1-13(2,3)9-12-8-10-4-6-11(12)7-5-10/h10-12H,4-9H2,1-3H3/i9D2. The Balaban J connectivity index is 2.17. The summed E-state index contributed by atoms with van der Waals surface area (Å²) >= 11 is 0. The van der Waals surface area contributed by atoms with Crippen molar-refractivity contribution >= 4 is 0 Å². The third-order valence-electron chi connectivity index (χ3n) is 3.67. The zero-order valence-corrected chi connectivity index (χ0v) is 9.27. The Hall–Kier alpha value is 0. The summed E-state index contributed by atoms with van der Waals surface area (Å²) in [5, 5.41) is 0. The Morgan fingerprint density at radius 3 is 2.15 bits per heavy atom. The fourth-order valence-corrected chi connectivity index (χ4v) is 3.11. The molecular formula is C13H24. The molecule has 76 valence electrons. The minimum atomic E-state index is -0.989. The summed E-state index contributed by atoms with van der Waals surface area (Å²) in [5.74, 6) is 1.83. The van der Waals surface area contributed by atoms with Crippen molar-refractivity contribution in [1.82, 2.24) is 0 Å². The van der Waals surface area contributed by atoms with Crippen LogP contribution in [0.5, 0.6) is 0 Å². The molecule has 0 radical (unpaired) electrons. The molecule has 0 aromatic rings. The van der Waals surface area contributed by atoms with Gasteiger partial charge in [-0.3, -0.25) is 0 Å². The Bertz CT molecular complexity index is 231. The predicted molar refractivity (Wildman–Crippen MR) is 57.6 cm³/mol. The van der Waals surface area contributed by atoms with Crippen molar-refractivity contribution in [3.63, 3.8) is 0 Å². The summed E-state index contributed by atoms with van der Waals surface area (Å²) in [5.41, 5.74) is -0.213. The van der Waals surface area contributed by atoms with Crippen molar-refractivity contribution in [1.29, 1.82) is 0 Å². The first-order valence-corrected chi connectivity index (χ1v) is 5.82. The first kappa shape index (κ1) is 7.31. The smallest absolute Gasteiger partial charge is 0.0275 e. The molecule has 0 aromatic heterocycles. The van der Waals surface area contributed by atoms with Gasteiger partial charge in [0.05, 0.1) is 0 Å². The minimum absolute atomic E-state index is 0.213. The molecule has 3 fully saturated rings. The average Bonchev–Trinajstić information content (AvgIpc) is 2.17. The third-order valence-corrected chi connectivity index (χ3v) is 3.67. The highest BCUT2D eigenvalue weighted by atomic mass is 14.4. The van der Waals surface area contributed by atoms with Crippen LogP contribution in [0.25, 0.3) is 0 Å². The topological polar surface area (TPSA) is 0 Å². The fourth-order valence-electron chi connectivity index (χ4n) is 3.11. The molecule has 13 heavy (non-hydrogen) atoms. The van der Waals surface area contributed by atoms with E-state index in [0.717, 1.165) is 12.3 Å². The van der Waals surface area contributed by atoms with Gasteiger partial charge in [0.15, 0.2) is 0 Å². The molecule has 3 aliphatic carbocycles. The van der Waals surface area contributed by atoms with Crippen LogP contribution in [0.1, 0.15) is 62.0 Å². The van der Waals surface area contributed by atoms with Gasteiger partial charge in [-0.05, 0) is 48.8 Å². The summed E-state index contributed by atoms with van der Waals surface area (Å²) in [6.07, 6.45) is 5.45. The van der Waals surface area contributed by atoms with Gasteiger partial charge < -0.3 is 0 Å². The van der Waals surface area contributed by atoms with Gasteiger partial charge in [0, 0.05) is 2.74 Å². The Morgan fingerprint density at radius 2 is 1.77 bits per heavy atom. The van der Waals surface area contributed by atoms with E-state index >= 15 is 0 Å². The first-order valence-electron chi connectivity index (χ1n) is 6.82. The van der Waals surface area contributed by atoms with Crippen LogP contribution in [-0.4, -0.2) is 0 Å². The maximum Gasteiger partial charge on any atom is 0.0275 e. The van der Waals surface area contributed by atoms with Gasteiger partial charge in [-0.2, -0.15) is 0 Å². The average molecular weight is 182 g/mol. The quantitative estimate of drug-likeness (QED) is 0.569. The molecule has 0 aromatic carbocycles. The third kappa shape index (κ3) is 2.27. The van der Waals surface area contributed by atoms with Gasteiger partial charge in [-0.1, -0.05) is 33.6 Å². The monoisotopic (exact) mass is 182 g/mol. The van der Waals surface area contributed by atoms with E-state index in [1.165, 1.54) is 25.7 Å². The van der Waals surface area contributed by atoms with Crippen molar-refractivity contribution < 1.29 is 2.74 Å². The summed E-state index contributed by atoms with van der Waals surface area (Å²) < 4.78 is 16.8. The van der Waals surface area contributed by atoms with Gasteiger partial charge in [0.2, 0.25) is 0 Å². The van der Waals surface area contributed by atoms with Crippen LogP contribution in [0.2, 0.25) is 0 Å². The summed E-state index contributed by atoms with van der Waals surface area (Å²) in [4.78, 5) is 0. The lowest BCUT2D eigenvalue weighted by atomic mass is 9.61. The van der Waals surface area contributed by atoms with E-state index in [0.29, 0.717) is 11.8 Å². The lowest BCUT2D eigenvalue weighted by Crippen LogP contribution is -2.33. The van der Waals surface area contributed by atoms with Gasteiger partial charge >= 0.3 is 0 Å². The van der Waals surface area contributed by atoms with Crippen LogP contribution in [-0.2, 0) is 0 Å². The van der Waals surface area contributed by atoms with E-state index in [9.17, 15) is 0 Å². The predicted octanol–water partition coefficient (Wildman–Crippen LogP) is 4.25. The molecule has 0 heteroatoms. The van der Waals surface area contributed by atoms with Crippen molar-refractivity contribution in [2.45, 2.75) is 59.2 Å². The zero-order chi connectivity index (χ0) is 11.3. The number of fused-ring (bicyclic) bond motifs is 3. The van der Waals surface area contributed by atoms with Crippen LogP contribution >= 0.6 is 0 Å². The van der Waals surface area contributed by atoms with E-state index in [4.69, 9.17) is 2.74 Å². The highest BCUT2D eigenvalue weighted by Gasteiger charge is 2.36. The molecule has 3 saturated carbocycles. The van der Waals surface area contributed by atoms with E-state index in [2.05, 4.69) is 20.8 Å². The summed E-state index contributed by atoms with van der Waals surface area (Å²) in [6.45, 7) is 6.15. The molecule has 2 bridgehead atoms. The molecule has 0 amide bonds. The summed E-state index contributed by atoms with van der Waals surface area (Å²) in [7, 11) is 0. The van der Waals surface area contributed by atoms with Gasteiger partial charge in [0.25, 0.3) is 0 Å². The van der Waals surface area contributed by atoms with Crippen molar-refractivity contribution in [2.75, 3.05) is 0 Å². The molecule has 1 unspecified atom stereocenters. The zero-order valence-electron chi connectivity index (χ0n) is 11.3. The highest BCUT2D eigenvalue weighted by Crippen LogP contribution is 2.48. The minimum Gasteiger partial charge on any atom is -0.0602 e. The lowest BCUT2D eigenvalue weighted by molar-refractivity contribution is 0.0688. The van der Waals surface area contributed by atoms with E-state index < -0.39 is 6.37 Å². The van der Waals surface area contributed by atoms with Gasteiger partial charge in [-0.25, -0.2) is 0 Å². The highest BCUT2D eigenvalue weighted by molar-refractivity contribution is 4.88. The van der Waals surface area contributed by atoms with Gasteiger partial charge in [0.1, 0.15) is 0 Å². The van der Waals surface area contributed by atoms with E-state index in [-0.39, 0.29) is 5.41 Å². The van der Waals surface area contributed by atoms with E-state index in [1.54, 1.807) is 0 Å². The SMILES string of the molecule is [2H]C([2H])(C1CC2CCC1CC2)C(C)(C)C. The molecule has 3 rings (SSSR count). The van der Waals surface area contributed by atoms with Crippen LogP contribution in [0.15, 0.2) is 0 Å². The molecule has 0 spiro atoms. The van der Waals surface area contributed by atoms with Crippen LogP contribution in [0.3, 0.4) is 0 Å². The van der Waals surface area contributed by atoms with Crippen molar-refractivity contribution in [3.05, 3.63) is 0 Å². The molecule has 0 N–H and O–H groups in total. The first-order chi connectivity index (χ1) is 6.82. The Kier molecular flexibility index (Phi) is 1.85. The normalized spacial score (nSPS) is 42.8. The van der Waals surface area contributed by atoms with Crippen LogP contribution in [0, 0.1) is 23.2 Å². The van der Waals surface area contributed by atoms with Crippen molar-refractivity contribution in [2.24, 2.45) is 23.2 Å². The maximum atomic E-state index is 8.39. The molecule has 1 atom stereocenters. The summed E-state index contributed by atoms with van der Waals surface area (Å²) in [6, 6.07) is 0. The van der Waals surface area contributed by atoms with Crippen LogP contribution in [0.4, 0.5) is 0 Å². The molecule has 0 heterocycles. The number of hydrogen-bond acceptors (Lipinski definition) is 0. The largest absolute Gasteiger partial charge is 0.0602 e. The second-order valence-electron chi connectivity index (χ2n) is 6.02. The molecule has 0 nitrogen and oxygen atoms in total. The number of rotatable bonds is 1. The molecule has 0 saturated heterocycles. The second-order valence-corrected chi connectivity index (χ2v) is 6.02. The molecule has 0 aliphatic heterocycles. The lowest BCUT2D eigenvalue weighted by Gasteiger charge is -2.44. The van der Waals surface area contributed by atoms with E-state index in [1.807, 2.05) is 0 Å². The van der Waals surface area contributed by atoms with Crippen molar-refractivity contribution in [3.8, 4) is 0 Å². The Morgan fingerprint density at radius 1 is 1.15 bits per heavy atom. The van der Waals surface area contributed by atoms with Crippen LogP contribution < -0.4 is 0 Å². The number of hydrogen-bond donors (Lipinski definition) is 0.